The highest BCUT2D eigenvalue weighted by Gasteiger charge is 2.30. The van der Waals surface area contributed by atoms with Crippen molar-refractivity contribution in [1.82, 2.24) is 5.32 Å². The van der Waals surface area contributed by atoms with Crippen molar-refractivity contribution in [2.45, 2.75) is 32.7 Å². The number of sulfonamides is 1. The lowest BCUT2D eigenvalue weighted by Crippen LogP contribution is -2.48. The van der Waals surface area contributed by atoms with E-state index in [0.29, 0.717) is 50.0 Å². The van der Waals surface area contributed by atoms with E-state index in [1.807, 2.05) is 31.2 Å². The first-order chi connectivity index (χ1) is 15.3. The van der Waals surface area contributed by atoms with Gasteiger partial charge in [0.1, 0.15) is 25.0 Å². The van der Waals surface area contributed by atoms with Crippen LogP contribution in [0.15, 0.2) is 42.5 Å². The lowest BCUT2D eigenvalue weighted by molar-refractivity contribution is -0.121. The molecule has 0 aromatic heterocycles. The molecule has 0 aliphatic carbocycles. The highest BCUT2D eigenvalue weighted by atomic mass is 32.2. The monoisotopic (exact) mass is 462 g/mol. The normalized spacial score (nSPS) is 13.8. The second-order valence-corrected chi connectivity index (χ2v) is 9.36. The molecule has 1 amide bonds. The highest BCUT2D eigenvalue weighted by molar-refractivity contribution is 7.92. The zero-order valence-electron chi connectivity index (χ0n) is 18.7. The van der Waals surface area contributed by atoms with Crippen molar-refractivity contribution in [1.29, 1.82) is 0 Å². The number of amides is 1. The Hall–Kier alpha value is -2.94. The number of hydrogen-bond donors (Lipinski definition) is 1. The molecule has 0 spiro atoms. The maximum Gasteiger partial charge on any atom is 0.243 e. The standard InChI is InChI=1S/C23H30N2O6S/c1-4-29-20-10-6-5-8-18(20)9-7-13-24-23(26)17(2)25(32(3,27)28)19-11-12-21-22(16-19)31-15-14-30-21/h5-6,8,10-12,16-17H,4,7,9,13-15H2,1-3H3,(H,24,26). The molecule has 9 heteroatoms. The SMILES string of the molecule is CCOc1ccccc1CCCNC(=O)C(C)N(c1ccc2c(c1)OCCO2)S(C)(=O)=O. The van der Waals surface area contributed by atoms with Gasteiger partial charge in [-0.3, -0.25) is 9.10 Å². The minimum Gasteiger partial charge on any atom is -0.494 e. The van der Waals surface area contributed by atoms with E-state index in [4.69, 9.17) is 14.2 Å². The summed E-state index contributed by atoms with van der Waals surface area (Å²) in [6, 6.07) is 11.7. The molecule has 1 atom stereocenters. The second kappa shape index (κ2) is 10.6. The van der Waals surface area contributed by atoms with Gasteiger partial charge in [-0.2, -0.15) is 0 Å². The third-order valence-electron chi connectivity index (χ3n) is 5.06. The Morgan fingerprint density at radius 3 is 2.59 bits per heavy atom. The number of carbonyl (C=O) groups is 1. The molecular formula is C23H30N2O6S. The van der Waals surface area contributed by atoms with Gasteiger partial charge in [0.25, 0.3) is 0 Å². The van der Waals surface area contributed by atoms with Gasteiger partial charge in [-0.1, -0.05) is 18.2 Å². The number of ether oxygens (including phenoxy) is 3. The summed E-state index contributed by atoms with van der Waals surface area (Å²) >= 11 is 0. The van der Waals surface area contributed by atoms with Gasteiger partial charge in [0.15, 0.2) is 11.5 Å². The number of benzene rings is 2. The van der Waals surface area contributed by atoms with Gasteiger partial charge in [0, 0.05) is 12.6 Å². The number of fused-ring (bicyclic) bond motifs is 1. The van der Waals surface area contributed by atoms with Crippen molar-refractivity contribution in [2.75, 3.05) is 36.9 Å². The van der Waals surface area contributed by atoms with Crippen LogP contribution >= 0.6 is 0 Å². The average Bonchev–Trinajstić information content (AvgIpc) is 2.76. The molecule has 0 fully saturated rings. The molecule has 8 nitrogen and oxygen atoms in total. The summed E-state index contributed by atoms with van der Waals surface area (Å²) in [5, 5.41) is 2.85. The van der Waals surface area contributed by atoms with E-state index in [0.717, 1.165) is 28.3 Å². The molecule has 0 saturated heterocycles. The minimum atomic E-state index is -3.71. The van der Waals surface area contributed by atoms with Gasteiger partial charge in [-0.05, 0) is 50.5 Å². The zero-order valence-corrected chi connectivity index (χ0v) is 19.5. The van der Waals surface area contributed by atoms with Crippen LogP contribution in [-0.4, -0.2) is 53.0 Å². The molecule has 2 aromatic carbocycles. The van der Waals surface area contributed by atoms with E-state index in [2.05, 4.69) is 5.32 Å². The molecule has 1 unspecified atom stereocenters. The summed E-state index contributed by atoms with van der Waals surface area (Å²) in [6.07, 6.45) is 2.52. The predicted octanol–water partition coefficient (Wildman–Crippen LogP) is 2.76. The fraction of sp³-hybridized carbons (Fsp3) is 0.435. The van der Waals surface area contributed by atoms with E-state index >= 15 is 0 Å². The van der Waals surface area contributed by atoms with Crippen LogP contribution in [0.5, 0.6) is 17.2 Å². The summed E-state index contributed by atoms with van der Waals surface area (Å²) in [5.41, 5.74) is 1.43. The number of carbonyl (C=O) groups excluding carboxylic acids is 1. The van der Waals surface area contributed by atoms with E-state index in [1.54, 1.807) is 25.1 Å². The van der Waals surface area contributed by atoms with Gasteiger partial charge in [-0.15, -0.1) is 0 Å². The quantitative estimate of drug-likeness (QED) is 0.546. The molecule has 0 bridgehead atoms. The Balaban J connectivity index is 1.63. The second-order valence-electron chi connectivity index (χ2n) is 7.50. The van der Waals surface area contributed by atoms with Crippen LogP contribution < -0.4 is 23.8 Å². The molecular weight excluding hydrogens is 432 g/mol. The Morgan fingerprint density at radius 1 is 1.16 bits per heavy atom. The number of hydrogen-bond acceptors (Lipinski definition) is 6. The number of rotatable bonds is 10. The molecule has 2 aromatic rings. The summed E-state index contributed by atoms with van der Waals surface area (Å²) in [6.45, 7) is 5.34. The van der Waals surface area contributed by atoms with Crippen molar-refractivity contribution < 1.29 is 27.4 Å². The van der Waals surface area contributed by atoms with Gasteiger partial charge in [0.2, 0.25) is 15.9 Å². The summed E-state index contributed by atoms with van der Waals surface area (Å²) in [5.74, 6) is 1.49. The van der Waals surface area contributed by atoms with Gasteiger partial charge < -0.3 is 19.5 Å². The summed E-state index contributed by atoms with van der Waals surface area (Å²) < 4.78 is 42.8. The van der Waals surface area contributed by atoms with Crippen molar-refractivity contribution in [3.63, 3.8) is 0 Å². The van der Waals surface area contributed by atoms with Crippen LogP contribution in [0.2, 0.25) is 0 Å². The lowest BCUT2D eigenvalue weighted by Gasteiger charge is -2.29. The molecule has 0 radical (unpaired) electrons. The third-order valence-corrected chi connectivity index (χ3v) is 6.30. The zero-order chi connectivity index (χ0) is 23.1. The van der Waals surface area contributed by atoms with E-state index in [9.17, 15) is 13.2 Å². The van der Waals surface area contributed by atoms with E-state index < -0.39 is 16.1 Å². The number of aryl methyl sites for hydroxylation is 1. The van der Waals surface area contributed by atoms with Crippen LogP contribution in [0.4, 0.5) is 5.69 Å². The van der Waals surface area contributed by atoms with Crippen LogP contribution in [0.1, 0.15) is 25.8 Å². The fourth-order valence-electron chi connectivity index (χ4n) is 3.62. The van der Waals surface area contributed by atoms with E-state index in [1.165, 1.54) is 0 Å². The molecule has 1 N–H and O–H groups in total. The first-order valence-electron chi connectivity index (χ1n) is 10.7. The fourth-order valence-corrected chi connectivity index (χ4v) is 4.79. The third kappa shape index (κ3) is 5.85. The molecule has 1 aliphatic rings. The Bertz CT molecular complexity index is 1040. The van der Waals surface area contributed by atoms with Gasteiger partial charge >= 0.3 is 0 Å². The number of nitrogens with zero attached hydrogens (tertiary/aromatic N) is 1. The molecule has 174 valence electrons. The topological polar surface area (TPSA) is 94.2 Å². The highest BCUT2D eigenvalue weighted by Crippen LogP contribution is 2.35. The number of nitrogens with one attached hydrogen (secondary N) is 1. The van der Waals surface area contributed by atoms with Gasteiger partial charge in [0.05, 0.1) is 18.6 Å². The first-order valence-corrected chi connectivity index (χ1v) is 12.5. The van der Waals surface area contributed by atoms with Crippen molar-refractivity contribution in [2.24, 2.45) is 0 Å². The molecule has 0 saturated carbocycles. The predicted molar refractivity (Wildman–Crippen MR) is 123 cm³/mol. The Morgan fingerprint density at radius 2 is 1.88 bits per heavy atom. The number of anilines is 1. The smallest absolute Gasteiger partial charge is 0.243 e. The molecule has 1 aliphatic heterocycles. The number of para-hydroxylation sites is 1. The molecule has 3 rings (SSSR count). The molecule has 32 heavy (non-hydrogen) atoms. The maximum atomic E-state index is 12.8. The molecule has 1 heterocycles. The largest absolute Gasteiger partial charge is 0.494 e. The van der Waals surface area contributed by atoms with Crippen molar-refractivity contribution >= 4 is 21.6 Å². The maximum absolute atomic E-state index is 12.8. The van der Waals surface area contributed by atoms with Crippen LogP contribution in [-0.2, 0) is 21.2 Å². The minimum absolute atomic E-state index is 0.352. The van der Waals surface area contributed by atoms with Crippen LogP contribution in [0, 0.1) is 0 Å². The Kier molecular flexibility index (Phi) is 7.84. The summed E-state index contributed by atoms with van der Waals surface area (Å²) in [4.78, 5) is 12.8. The van der Waals surface area contributed by atoms with Crippen molar-refractivity contribution in [3.05, 3.63) is 48.0 Å². The first kappa shape index (κ1) is 23.7. The van der Waals surface area contributed by atoms with Gasteiger partial charge in [-0.25, -0.2) is 8.42 Å². The van der Waals surface area contributed by atoms with Crippen LogP contribution in [0.3, 0.4) is 0 Å². The lowest BCUT2D eigenvalue weighted by atomic mass is 10.1. The van der Waals surface area contributed by atoms with Crippen molar-refractivity contribution in [3.8, 4) is 17.2 Å². The Labute approximate surface area is 189 Å². The van der Waals surface area contributed by atoms with E-state index in [-0.39, 0.29) is 5.91 Å². The van der Waals surface area contributed by atoms with Crippen LogP contribution in [0.25, 0.3) is 0 Å². The summed E-state index contributed by atoms with van der Waals surface area (Å²) in [7, 11) is -3.71. The average molecular weight is 463 g/mol.